The van der Waals surface area contributed by atoms with Crippen molar-refractivity contribution in [2.75, 3.05) is 25.5 Å². The standard InChI is InChI=1S/C20H22N2O5S/c1-27-20(24)15-8-10-17(11-9-15)21-19(23)16-6-5-7-18(14-16)28(25,26)22-12-3-2-4-13-22/h5-11,14H,2-4,12-13H2,1H3,(H,21,23). The molecule has 1 amide bonds. The van der Waals surface area contributed by atoms with Gasteiger partial charge in [0.15, 0.2) is 0 Å². The summed E-state index contributed by atoms with van der Waals surface area (Å²) >= 11 is 0. The predicted octanol–water partition coefficient (Wildman–Crippen LogP) is 2.90. The Hall–Kier alpha value is -2.71. The highest BCUT2D eigenvalue weighted by atomic mass is 32.2. The van der Waals surface area contributed by atoms with Crippen LogP contribution >= 0.6 is 0 Å². The van der Waals surface area contributed by atoms with E-state index in [2.05, 4.69) is 10.1 Å². The fourth-order valence-electron chi connectivity index (χ4n) is 3.06. The van der Waals surface area contributed by atoms with Crippen molar-refractivity contribution >= 4 is 27.6 Å². The normalized spacial score (nSPS) is 15.0. The van der Waals surface area contributed by atoms with Crippen LogP contribution in [0, 0.1) is 0 Å². The maximum absolute atomic E-state index is 12.8. The van der Waals surface area contributed by atoms with Crippen LogP contribution in [-0.4, -0.2) is 44.8 Å². The van der Waals surface area contributed by atoms with Crippen LogP contribution in [0.2, 0.25) is 0 Å². The minimum absolute atomic E-state index is 0.114. The summed E-state index contributed by atoms with van der Waals surface area (Å²) in [5.41, 5.74) is 1.10. The van der Waals surface area contributed by atoms with Crippen molar-refractivity contribution in [2.45, 2.75) is 24.2 Å². The van der Waals surface area contributed by atoms with E-state index in [0.717, 1.165) is 19.3 Å². The average molecular weight is 402 g/mol. The van der Waals surface area contributed by atoms with E-state index >= 15 is 0 Å². The largest absolute Gasteiger partial charge is 0.465 e. The van der Waals surface area contributed by atoms with Gasteiger partial charge in [0.05, 0.1) is 17.6 Å². The molecule has 0 unspecified atom stereocenters. The number of methoxy groups -OCH3 is 1. The quantitative estimate of drug-likeness (QED) is 0.777. The molecule has 1 saturated heterocycles. The maximum atomic E-state index is 12.8. The van der Waals surface area contributed by atoms with Crippen LogP contribution in [0.15, 0.2) is 53.4 Å². The Balaban J connectivity index is 1.76. The number of amides is 1. The molecular weight excluding hydrogens is 380 g/mol. The number of carbonyl (C=O) groups is 2. The molecule has 2 aromatic rings. The van der Waals surface area contributed by atoms with E-state index in [4.69, 9.17) is 0 Å². The van der Waals surface area contributed by atoms with E-state index in [1.165, 1.54) is 23.5 Å². The van der Waals surface area contributed by atoms with Crippen LogP contribution in [0.1, 0.15) is 40.0 Å². The topological polar surface area (TPSA) is 92.8 Å². The summed E-state index contributed by atoms with van der Waals surface area (Å²) in [7, 11) is -2.31. The number of rotatable bonds is 5. The fourth-order valence-corrected chi connectivity index (χ4v) is 4.63. The Morgan fingerprint density at radius 2 is 1.64 bits per heavy atom. The van der Waals surface area contributed by atoms with Crippen LogP contribution in [-0.2, 0) is 14.8 Å². The van der Waals surface area contributed by atoms with Gasteiger partial charge in [-0.05, 0) is 55.3 Å². The molecule has 1 heterocycles. The van der Waals surface area contributed by atoms with Crippen molar-refractivity contribution in [3.05, 3.63) is 59.7 Å². The molecule has 0 aromatic heterocycles. The van der Waals surface area contributed by atoms with E-state index in [9.17, 15) is 18.0 Å². The van der Waals surface area contributed by atoms with Crippen LogP contribution < -0.4 is 5.32 Å². The molecule has 7 nitrogen and oxygen atoms in total. The lowest BCUT2D eigenvalue weighted by molar-refractivity contribution is 0.0600. The molecule has 28 heavy (non-hydrogen) atoms. The molecule has 0 radical (unpaired) electrons. The summed E-state index contributed by atoms with van der Waals surface area (Å²) in [4.78, 5) is 24.1. The van der Waals surface area contributed by atoms with E-state index < -0.39 is 21.9 Å². The molecule has 1 aliphatic rings. The molecule has 0 bridgehead atoms. The first kappa shape index (κ1) is 20.0. The summed E-state index contributed by atoms with van der Waals surface area (Å²) < 4.78 is 31.7. The number of nitrogens with zero attached hydrogens (tertiary/aromatic N) is 1. The first-order chi connectivity index (χ1) is 13.4. The van der Waals surface area contributed by atoms with Crippen molar-refractivity contribution in [2.24, 2.45) is 0 Å². The summed E-state index contributed by atoms with van der Waals surface area (Å²) in [5, 5.41) is 2.70. The number of hydrogen-bond donors (Lipinski definition) is 1. The number of anilines is 1. The molecule has 148 valence electrons. The number of nitrogens with one attached hydrogen (secondary N) is 1. The molecule has 1 fully saturated rings. The number of ether oxygens (including phenoxy) is 1. The van der Waals surface area contributed by atoms with Gasteiger partial charge in [-0.25, -0.2) is 13.2 Å². The zero-order valence-corrected chi connectivity index (χ0v) is 16.4. The highest BCUT2D eigenvalue weighted by Crippen LogP contribution is 2.22. The highest BCUT2D eigenvalue weighted by molar-refractivity contribution is 7.89. The van der Waals surface area contributed by atoms with E-state index in [1.807, 2.05) is 0 Å². The van der Waals surface area contributed by atoms with Gasteiger partial charge < -0.3 is 10.1 Å². The second-order valence-corrected chi connectivity index (χ2v) is 8.45. The highest BCUT2D eigenvalue weighted by Gasteiger charge is 2.26. The summed E-state index contributed by atoms with van der Waals surface area (Å²) in [5.74, 6) is -0.894. The summed E-state index contributed by atoms with van der Waals surface area (Å²) in [6, 6.07) is 12.3. The minimum Gasteiger partial charge on any atom is -0.465 e. The van der Waals surface area contributed by atoms with Gasteiger partial charge in [-0.1, -0.05) is 12.5 Å². The van der Waals surface area contributed by atoms with Gasteiger partial charge in [0, 0.05) is 24.3 Å². The molecular formula is C20H22N2O5S. The molecule has 8 heteroatoms. The minimum atomic E-state index is -3.61. The number of piperidine rings is 1. The molecule has 0 saturated carbocycles. The average Bonchev–Trinajstić information content (AvgIpc) is 2.74. The number of sulfonamides is 1. The monoisotopic (exact) mass is 402 g/mol. The predicted molar refractivity (Wildman–Crippen MR) is 105 cm³/mol. The van der Waals surface area contributed by atoms with Gasteiger partial charge in [0.1, 0.15) is 0 Å². The molecule has 0 aliphatic carbocycles. The molecule has 3 rings (SSSR count). The van der Waals surface area contributed by atoms with Gasteiger partial charge in [0.25, 0.3) is 5.91 Å². The van der Waals surface area contributed by atoms with Crippen molar-refractivity contribution < 1.29 is 22.7 Å². The Bertz CT molecular complexity index is 964. The Morgan fingerprint density at radius 1 is 0.964 bits per heavy atom. The number of benzene rings is 2. The zero-order valence-electron chi connectivity index (χ0n) is 15.6. The van der Waals surface area contributed by atoms with Gasteiger partial charge in [-0.3, -0.25) is 4.79 Å². The second kappa shape index (κ2) is 8.53. The van der Waals surface area contributed by atoms with Crippen LogP contribution in [0.5, 0.6) is 0 Å². The Morgan fingerprint density at radius 3 is 2.29 bits per heavy atom. The van der Waals surface area contributed by atoms with Crippen molar-refractivity contribution in [1.29, 1.82) is 0 Å². The smallest absolute Gasteiger partial charge is 0.337 e. The number of esters is 1. The van der Waals surface area contributed by atoms with Gasteiger partial charge in [-0.15, -0.1) is 0 Å². The van der Waals surface area contributed by atoms with Crippen molar-refractivity contribution in [3.63, 3.8) is 0 Å². The van der Waals surface area contributed by atoms with Crippen molar-refractivity contribution in [1.82, 2.24) is 4.31 Å². The molecule has 0 atom stereocenters. The molecule has 2 aromatic carbocycles. The lowest BCUT2D eigenvalue weighted by Crippen LogP contribution is -2.35. The second-order valence-electron chi connectivity index (χ2n) is 6.52. The molecule has 0 spiro atoms. The first-order valence-electron chi connectivity index (χ1n) is 9.02. The number of carbonyl (C=O) groups excluding carboxylic acids is 2. The summed E-state index contributed by atoms with van der Waals surface area (Å²) in [6.45, 7) is 1.01. The fraction of sp³-hybridized carbons (Fsp3) is 0.300. The van der Waals surface area contributed by atoms with Gasteiger partial charge in [-0.2, -0.15) is 4.31 Å². The lowest BCUT2D eigenvalue weighted by atomic mass is 10.2. The van der Waals surface area contributed by atoms with Gasteiger partial charge in [0.2, 0.25) is 10.0 Å². The Labute approximate surface area is 164 Å². The van der Waals surface area contributed by atoms with Crippen LogP contribution in [0.25, 0.3) is 0 Å². The zero-order chi connectivity index (χ0) is 20.1. The van der Waals surface area contributed by atoms with E-state index in [1.54, 1.807) is 36.4 Å². The van der Waals surface area contributed by atoms with E-state index in [0.29, 0.717) is 24.3 Å². The van der Waals surface area contributed by atoms with Crippen molar-refractivity contribution in [3.8, 4) is 0 Å². The Kier molecular flexibility index (Phi) is 6.11. The van der Waals surface area contributed by atoms with Crippen LogP contribution in [0.4, 0.5) is 5.69 Å². The third-order valence-electron chi connectivity index (χ3n) is 4.61. The molecule has 1 N–H and O–H groups in total. The third-order valence-corrected chi connectivity index (χ3v) is 6.51. The van der Waals surface area contributed by atoms with Gasteiger partial charge >= 0.3 is 5.97 Å². The maximum Gasteiger partial charge on any atom is 0.337 e. The van der Waals surface area contributed by atoms with E-state index in [-0.39, 0.29) is 10.5 Å². The number of hydrogen-bond acceptors (Lipinski definition) is 5. The lowest BCUT2D eigenvalue weighted by Gasteiger charge is -2.26. The molecule has 1 aliphatic heterocycles. The van der Waals surface area contributed by atoms with Crippen LogP contribution in [0.3, 0.4) is 0 Å². The summed E-state index contributed by atoms with van der Waals surface area (Å²) in [6.07, 6.45) is 2.73. The third kappa shape index (κ3) is 4.40. The SMILES string of the molecule is COC(=O)c1ccc(NC(=O)c2cccc(S(=O)(=O)N3CCCCC3)c2)cc1. The first-order valence-corrected chi connectivity index (χ1v) is 10.5.